The van der Waals surface area contributed by atoms with Gasteiger partial charge < -0.3 is 10.1 Å². The fraction of sp³-hybridized carbons (Fsp3) is 0.350. The Hall–Kier alpha value is -2.08. The van der Waals surface area contributed by atoms with Gasteiger partial charge >= 0.3 is 6.18 Å². The number of anilines is 1. The van der Waals surface area contributed by atoms with Gasteiger partial charge in [0.05, 0.1) is 16.2 Å². The molecular weight excluding hydrogens is 359 g/mol. The molecule has 0 saturated carbocycles. The Morgan fingerprint density at radius 1 is 1.15 bits per heavy atom. The van der Waals surface area contributed by atoms with Crippen LogP contribution >= 0.6 is 12.2 Å². The van der Waals surface area contributed by atoms with Gasteiger partial charge in [-0.05, 0) is 43.0 Å². The molecule has 0 aromatic heterocycles. The number of alkyl halides is 3. The monoisotopic (exact) mass is 381 g/mol. The number of hydrogen-bond donors (Lipinski definition) is 1. The summed E-state index contributed by atoms with van der Waals surface area (Å²) in [6.07, 6.45) is -3.10. The summed E-state index contributed by atoms with van der Waals surface area (Å²) in [5.74, 6) is 0.656. The van der Waals surface area contributed by atoms with Crippen LogP contribution in [0.25, 0.3) is 0 Å². The maximum atomic E-state index is 13.4. The van der Waals surface area contributed by atoms with Gasteiger partial charge in [0.1, 0.15) is 12.4 Å². The van der Waals surface area contributed by atoms with E-state index in [1.807, 2.05) is 25.1 Å². The zero-order valence-corrected chi connectivity index (χ0v) is 15.9. The fourth-order valence-corrected chi connectivity index (χ4v) is 2.68. The molecule has 2 aromatic carbocycles. The van der Waals surface area contributed by atoms with Crippen LogP contribution in [0.2, 0.25) is 0 Å². The number of benzene rings is 2. The molecule has 0 aliphatic rings. The topological polar surface area (TPSA) is 21.3 Å². The Morgan fingerprint density at radius 2 is 1.88 bits per heavy atom. The first-order valence-electron chi connectivity index (χ1n) is 8.47. The van der Waals surface area contributed by atoms with Crippen LogP contribution in [0.3, 0.4) is 0 Å². The van der Waals surface area contributed by atoms with Crippen LogP contribution < -0.4 is 10.1 Å². The molecule has 140 valence electrons. The summed E-state index contributed by atoms with van der Waals surface area (Å²) in [7, 11) is 0. The first kappa shape index (κ1) is 20.2. The number of halogens is 3. The summed E-state index contributed by atoms with van der Waals surface area (Å²) in [5, 5.41) is 2.74. The highest BCUT2D eigenvalue weighted by Gasteiger charge is 2.34. The number of nitrogens with one attached hydrogen (secondary N) is 1. The van der Waals surface area contributed by atoms with Crippen molar-refractivity contribution in [3.8, 4) is 5.75 Å². The lowest BCUT2D eigenvalue weighted by molar-refractivity contribution is -0.137. The third-order valence-corrected chi connectivity index (χ3v) is 4.46. The van der Waals surface area contributed by atoms with E-state index in [0.29, 0.717) is 22.7 Å². The summed E-state index contributed by atoms with van der Waals surface area (Å²) in [5.41, 5.74) is 1.77. The average molecular weight is 381 g/mol. The van der Waals surface area contributed by atoms with Crippen LogP contribution in [-0.2, 0) is 19.2 Å². The number of rotatable bonds is 6. The van der Waals surface area contributed by atoms with Crippen molar-refractivity contribution in [1.29, 1.82) is 0 Å². The molecule has 0 radical (unpaired) electrons. The van der Waals surface area contributed by atoms with Crippen molar-refractivity contribution < 1.29 is 17.9 Å². The molecule has 1 N–H and O–H groups in total. The largest absolute Gasteiger partial charge is 0.489 e. The summed E-state index contributed by atoms with van der Waals surface area (Å²) in [4.78, 5) is 0.353. The molecule has 2 rings (SSSR count). The predicted octanol–water partition coefficient (Wildman–Crippen LogP) is 6.30. The van der Waals surface area contributed by atoms with Crippen LogP contribution in [0, 0.1) is 6.92 Å². The van der Waals surface area contributed by atoms with Gasteiger partial charge in [0, 0.05) is 5.56 Å². The minimum Gasteiger partial charge on any atom is -0.489 e. The number of thiocarbonyl (C=S) groups is 1. The Bertz CT molecular complexity index is 787. The third-order valence-electron chi connectivity index (χ3n) is 4.07. The first-order valence-corrected chi connectivity index (χ1v) is 8.88. The molecular formula is C20H22F3NOS. The molecule has 0 aliphatic carbocycles. The Morgan fingerprint density at radius 3 is 2.46 bits per heavy atom. The minimum absolute atomic E-state index is 0.0187. The van der Waals surface area contributed by atoms with E-state index in [-0.39, 0.29) is 12.3 Å². The standard InChI is InChI=1S/C20H22F3NOS/c1-4-14-9-10-17(13(3)11-14)25-12-15-7-6-8-16(20(21,22)23)19(15)24-18(26)5-2/h6-11H,4-5,12H2,1-3H3,(H,24,26). The highest BCUT2D eigenvalue weighted by atomic mass is 32.1. The van der Waals surface area contributed by atoms with Gasteiger partial charge in [0.25, 0.3) is 0 Å². The molecule has 2 aromatic rings. The molecule has 6 heteroatoms. The van der Waals surface area contributed by atoms with Gasteiger partial charge in [-0.1, -0.05) is 50.3 Å². The van der Waals surface area contributed by atoms with Gasteiger partial charge in [0.15, 0.2) is 0 Å². The van der Waals surface area contributed by atoms with E-state index in [1.54, 1.807) is 13.0 Å². The second kappa shape index (κ2) is 8.54. The maximum Gasteiger partial charge on any atom is 0.418 e. The van der Waals surface area contributed by atoms with E-state index in [9.17, 15) is 13.2 Å². The highest BCUT2D eigenvalue weighted by molar-refractivity contribution is 7.80. The number of aryl methyl sites for hydroxylation is 2. The van der Waals surface area contributed by atoms with E-state index in [2.05, 4.69) is 12.2 Å². The normalized spacial score (nSPS) is 11.3. The van der Waals surface area contributed by atoms with E-state index < -0.39 is 11.7 Å². The lowest BCUT2D eigenvalue weighted by Gasteiger charge is -2.19. The Kier molecular flexibility index (Phi) is 6.64. The fourth-order valence-electron chi connectivity index (χ4n) is 2.58. The number of hydrogen-bond acceptors (Lipinski definition) is 2. The maximum absolute atomic E-state index is 13.4. The van der Waals surface area contributed by atoms with E-state index in [1.165, 1.54) is 11.6 Å². The number of para-hydroxylation sites is 1. The van der Waals surface area contributed by atoms with Crippen molar-refractivity contribution in [2.45, 2.75) is 46.4 Å². The molecule has 0 aliphatic heterocycles. The van der Waals surface area contributed by atoms with Crippen molar-refractivity contribution in [1.82, 2.24) is 0 Å². The quantitative estimate of drug-likeness (QED) is 0.593. The third kappa shape index (κ3) is 4.97. The van der Waals surface area contributed by atoms with Crippen molar-refractivity contribution in [3.63, 3.8) is 0 Å². The zero-order valence-electron chi connectivity index (χ0n) is 15.0. The number of ether oxygens (including phenoxy) is 1. The molecule has 0 spiro atoms. The lowest BCUT2D eigenvalue weighted by atomic mass is 10.1. The van der Waals surface area contributed by atoms with Crippen LogP contribution in [-0.4, -0.2) is 4.99 Å². The van der Waals surface area contributed by atoms with Crippen LogP contribution in [0.15, 0.2) is 36.4 Å². The molecule has 0 bridgehead atoms. The Labute approximate surface area is 157 Å². The average Bonchev–Trinajstić information content (AvgIpc) is 2.60. The minimum atomic E-state index is -4.47. The van der Waals surface area contributed by atoms with Gasteiger partial charge in [-0.3, -0.25) is 0 Å². The Balaban J connectivity index is 2.32. The molecule has 0 unspecified atom stereocenters. The molecule has 0 fully saturated rings. The first-order chi connectivity index (χ1) is 12.3. The molecule has 0 heterocycles. The SMILES string of the molecule is CCC(=S)Nc1c(COc2ccc(CC)cc2C)cccc1C(F)(F)F. The van der Waals surface area contributed by atoms with Crippen LogP contribution in [0.1, 0.15) is 42.5 Å². The molecule has 26 heavy (non-hydrogen) atoms. The van der Waals surface area contributed by atoms with Crippen molar-refractivity contribution in [3.05, 3.63) is 58.7 Å². The smallest absolute Gasteiger partial charge is 0.418 e. The zero-order chi connectivity index (χ0) is 19.3. The van der Waals surface area contributed by atoms with Crippen molar-refractivity contribution in [2.75, 3.05) is 5.32 Å². The van der Waals surface area contributed by atoms with E-state index >= 15 is 0 Å². The van der Waals surface area contributed by atoms with E-state index in [0.717, 1.165) is 18.1 Å². The predicted molar refractivity (Wildman–Crippen MR) is 103 cm³/mol. The summed E-state index contributed by atoms with van der Waals surface area (Å²) in [6.45, 7) is 5.80. The van der Waals surface area contributed by atoms with E-state index in [4.69, 9.17) is 17.0 Å². The summed E-state index contributed by atoms with van der Waals surface area (Å²) in [6, 6.07) is 9.88. The van der Waals surface area contributed by atoms with Crippen LogP contribution in [0.5, 0.6) is 5.75 Å². The highest BCUT2D eigenvalue weighted by Crippen LogP contribution is 2.37. The lowest BCUT2D eigenvalue weighted by Crippen LogP contribution is -2.17. The summed E-state index contributed by atoms with van der Waals surface area (Å²) >= 11 is 5.09. The molecule has 0 atom stereocenters. The molecule has 0 saturated heterocycles. The van der Waals surface area contributed by atoms with Gasteiger partial charge in [-0.15, -0.1) is 0 Å². The van der Waals surface area contributed by atoms with Crippen LogP contribution in [0.4, 0.5) is 18.9 Å². The van der Waals surface area contributed by atoms with Gasteiger partial charge in [-0.25, -0.2) is 0 Å². The van der Waals surface area contributed by atoms with Crippen molar-refractivity contribution >= 4 is 22.9 Å². The second-order valence-electron chi connectivity index (χ2n) is 5.98. The van der Waals surface area contributed by atoms with Crippen molar-refractivity contribution in [2.24, 2.45) is 0 Å². The second-order valence-corrected chi connectivity index (χ2v) is 6.47. The summed E-state index contributed by atoms with van der Waals surface area (Å²) < 4.78 is 45.9. The molecule has 2 nitrogen and oxygen atoms in total. The molecule has 0 amide bonds. The van der Waals surface area contributed by atoms with Gasteiger partial charge in [-0.2, -0.15) is 13.2 Å². The van der Waals surface area contributed by atoms with Gasteiger partial charge in [0.2, 0.25) is 0 Å².